The van der Waals surface area contributed by atoms with Crippen molar-refractivity contribution in [3.63, 3.8) is 0 Å². The van der Waals surface area contributed by atoms with Crippen molar-refractivity contribution in [2.45, 2.75) is 0 Å². The molecule has 0 aliphatic rings. The van der Waals surface area contributed by atoms with E-state index in [0.29, 0.717) is 5.02 Å². The largest absolute Gasteiger partial charge is 0.456 e. The number of halogens is 1. The molecule has 2 nitrogen and oxygen atoms in total. The molecule has 0 fully saturated rings. The first-order chi connectivity index (χ1) is 11.8. The lowest BCUT2D eigenvalue weighted by atomic mass is 10.1. The average molecular weight is 332 g/mol. The molecule has 4 aromatic rings. The van der Waals surface area contributed by atoms with E-state index in [0.717, 1.165) is 33.3 Å². The Morgan fingerprint density at radius 1 is 0.750 bits per heavy atom. The van der Waals surface area contributed by atoms with Gasteiger partial charge in [0.05, 0.1) is 11.0 Å². The second-order valence-corrected chi connectivity index (χ2v) is 5.89. The van der Waals surface area contributed by atoms with Gasteiger partial charge in [-0.25, -0.2) is 4.99 Å². The molecule has 0 radical (unpaired) electrons. The summed E-state index contributed by atoms with van der Waals surface area (Å²) in [7, 11) is 0. The Morgan fingerprint density at radius 3 is 2.38 bits per heavy atom. The van der Waals surface area contributed by atoms with Crippen LogP contribution in [0.5, 0.6) is 0 Å². The average Bonchev–Trinajstić information content (AvgIpc) is 2.62. The summed E-state index contributed by atoms with van der Waals surface area (Å²) in [5, 5.41) is 2.50. The topological polar surface area (TPSA) is 25.5 Å². The minimum absolute atomic E-state index is 0.671. The van der Waals surface area contributed by atoms with Crippen LogP contribution < -0.4 is 5.36 Å². The summed E-state index contributed by atoms with van der Waals surface area (Å²) in [6, 6.07) is 27.4. The first kappa shape index (κ1) is 14.7. The fourth-order valence-corrected chi connectivity index (χ4v) is 2.82. The van der Waals surface area contributed by atoms with E-state index in [1.54, 1.807) is 0 Å². The van der Waals surface area contributed by atoms with Crippen LogP contribution in [0.2, 0.25) is 5.02 Å². The van der Waals surface area contributed by atoms with Crippen LogP contribution >= 0.6 is 11.6 Å². The summed E-state index contributed by atoms with van der Waals surface area (Å²) in [5.74, 6) is 0.787. The normalized spacial score (nSPS) is 11.8. The van der Waals surface area contributed by atoms with E-state index in [2.05, 4.69) is 0 Å². The first-order valence-electron chi connectivity index (χ1n) is 7.68. The van der Waals surface area contributed by atoms with Gasteiger partial charge in [0.2, 0.25) is 0 Å². The Morgan fingerprint density at radius 2 is 1.54 bits per heavy atom. The maximum Gasteiger partial charge on any atom is 0.136 e. The van der Waals surface area contributed by atoms with Gasteiger partial charge in [-0.05, 0) is 30.3 Å². The van der Waals surface area contributed by atoms with Gasteiger partial charge in [0.1, 0.15) is 11.3 Å². The number of hydrogen-bond donors (Lipinski definition) is 0. The zero-order valence-electron chi connectivity index (χ0n) is 12.8. The fourth-order valence-electron chi connectivity index (χ4n) is 2.64. The van der Waals surface area contributed by atoms with Gasteiger partial charge >= 0.3 is 0 Å². The van der Waals surface area contributed by atoms with Crippen molar-refractivity contribution < 1.29 is 4.42 Å². The third-order valence-electron chi connectivity index (χ3n) is 3.77. The standard InChI is InChI=1S/C21H14ClNO/c22-16-9-6-10-17(13-16)23-19-14-21(15-7-2-1-3-8-15)24-20-12-5-4-11-18(19)20/h1-14H. The molecule has 24 heavy (non-hydrogen) atoms. The van der Waals surface area contributed by atoms with E-state index in [1.165, 1.54) is 0 Å². The van der Waals surface area contributed by atoms with Crippen molar-refractivity contribution in [3.05, 3.63) is 95.3 Å². The molecular formula is C21H14ClNO. The van der Waals surface area contributed by atoms with Gasteiger partial charge < -0.3 is 4.42 Å². The van der Waals surface area contributed by atoms with Crippen molar-refractivity contribution >= 4 is 28.3 Å². The van der Waals surface area contributed by atoms with E-state index in [-0.39, 0.29) is 0 Å². The molecule has 0 saturated heterocycles. The van der Waals surface area contributed by atoms with E-state index >= 15 is 0 Å². The molecule has 1 heterocycles. The molecule has 0 aliphatic heterocycles. The highest BCUT2D eigenvalue weighted by atomic mass is 35.5. The lowest BCUT2D eigenvalue weighted by Gasteiger charge is -2.05. The molecule has 0 N–H and O–H groups in total. The number of nitrogens with zero attached hydrogens (tertiary/aromatic N) is 1. The van der Waals surface area contributed by atoms with Crippen LogP contribution in [0.15, 0.2) is 94.3 Å². The van der Waals surface area contributed by atoms with Gasteiger partial charge in [-0.3, -0.25) is 0 Å². The van der Waals surface area contributed by atoms with Crippen LogP contribution in [-0.2, 0) is 0 Å². The molecule has 0 saturated carbocycles. The first-order valence-corrected chi connectivity index (χ1v) is 8.06. The van der Waals surface area contributed by atoms with Gasteiger partial charge in [0.15, 0.2) is 0 Å². The predicted molar refractivity (Wildman–Crippen MR) is 98.3 cm³/mol. The van der Waals surface area contributed by atoms with Crippen LogP contribution in [0.1, 0.15) is 0 Å². The zero-order valence-corrected chi connectivity index (χ0v) is 13.6. The summed E-state index contributed by atoms with van der Waals surface area (Å²) in [5.41, 5.74) is 2.64. The van der Waals surface area contributed by atoms with Crippen molar-refractivity contribution in [2.75, 3.05) is 0 Å². The van der Waals surface area contributed by atoms with Crippen LogP contribution in [0.4, 0.5) is 5.69 Å². The molecule has 0 aliphatic carbocycles. The highest BCUT2D eigenvalue weighted by Crippen LogP contribution is 2.23. The van der Waals surface area contributed by atoms with Gasteiger partial charge in [0.25, 0.3) is 0 Å². The van der Waals surface area contributed by atoms with Gasteiger partial charge in [-0.1, -0.05) is 60.1 Å². The SMILES string of the molecule is Clc1cccc(N=c2cc(-c3ccccc3)oc3ccccc23)c1. The van der Waals surface area contributed by atoms with E-state index in [1.807, 2.05) is 84.9 Å². The molecule has 0 unspecified atom stereocenters. The zero-order chi connectivity index (χ0) is 16.4. The smallest absolute Gasteiger partial charge is 0.136 e. The summed E-state index contributed by atoms with van der Waals surface area (Å²) in [6.45, 7) is 0. The van der Waals surface area contributed by atoms with E-state index in [4.69, 9.17) is 21.0 Å². The Hall–Kier alpha value is -2.84. The second-order valence-electron chi connectivity index (χ2n) is 5.45. The lowest BCUT2D eigenvalue weighted by molar-refractivity contribution is 0.618. The Kier molecular flexibility index (Phi) is 3.89. The minimum atomic E-state index is 0.671. The summed E-state index contributed by atoms with van der Waals surface area (Å²) in [6.07, 6.45) is 0. The predicted octanol–water partition coefficient (Wildman–Crippen LogP) is 5.99. The second kappa shape index (κ2) is 6.34. The number of benzene rings is 3. The Labute approximate surface area is 144 Å². The summed E-state index contributed by atoms with van der Waals surface area (Å²) in [4.78, 5) is 4.77. The third-order valence-corrected chi connectivity index (χ3v) is 4.00. The van der Waals surface area contributed by atoms with Crippen LogP contribution in [0.3, 0.4) is 0 Å². The van der Waals surface area contributed by atoms with E-state index in [9.17, 15) is 0 Å². The quantitative estimate of drug-likeness (QED) is 0.443. The summed E-state index contributed by atoms with van der Waals surface area (Å²) < 4.78 is 6.06. The Bertz CT molecular complexity index is 1070. The number of rotatable bonds is 2. The van der Waals surface area contributed by atoms with Gasteiger partial charge in [-0.2, -0.15) is 0 Å². The molecule has 0 spiro atoms. The highest BCUT2D eigenvalue weighted by molar-refractivity contribution is 6.30. The number of para-hydroxylation sites is 1. The van der Waals surface area contributed by atoms with Gasteiger partial charge in [-0.15, -0.1) is 0 Å². The number of hydrogen-bond acceptors (Lipinski definition) is 2. The monoisotopic (exact) mass is 331 g/mol. The van der Waals surface area contributed by atoms with Crippen LogP contribution in [0, 0.1) is 0 Å². The Balaban J connectivity index is 2.00. The molecule has 116 valence electrons. The van der Waals surface area contributed by atoms with Crippen molar-refractivity contribution in [3.8, 4) is 11.3 Å². The lowest BCUT2D eigenvalue weighted by Crippen LogP contribution is -2.02. The molecule has 4 rings (SSSR count). The molecule has 0 amide bonds. The highest BCUT2D eigenvalue weighted by Gasteiger charge is 2.05. The van der Waals surface area contributed by atoms with Crippen molar-refractivity contribution in [2.24, 2.45) is 4.99 Å². The van der Waals surface area contributed by atoms with Crippen molar-refractivity contribution in [1.29, 1.82) is 0 Å². The summed E-state index contributed by atoms with van der Waals surface area (Å²) >= 11 is 6.08. The van der Waals surface area contributed by atoms with Crippen molar-refractivity contribution in [1.82, 2.24) is 0 Å². The molecule has 1 aromatic heterocycles. The maximum atomic E-state index is 6.08. The molecule has 3 aromatic carbocycles. The fraction of sp³-hybridized carbons (Fsp3) is 0. The molecular weight excluding hydrogens is 318 g/mol. The van der Waals surface area contributed by atoms with Gasteiger partial charge in [0, 0.05) is 22.0 Å². The van der Waals surface area contributed by atoms with Crippen LogP contribution in [0.25, 0.3) is 22.3 Å². The maximum absolute atomic E-state index is 6.08. The minimum Gasteiger partial charge on any atom is -0.456 e. The molecule has 3 heteroatoms. The van der Waals surface area contributed by atoms with E-state index < -0.39 is 0 Å². The third kappa shape index (κ3) is 2.97. The number of fused-ring (bicyclic) bond motifs is 1. The van der Waals surface area contributed by atoms with Crippen LogP contribution in [-0.4, -0.2) is 0 Å². The molecule has 0 atom stereocenters. The molecule has 0 bridgehead atoms.